The number of hydrogen-bond acceptors (Lipinski definition) is 4. The molecule has 130 valence electrons. The number of piperidine rings is 1. The standard InChI is InChI=1S/C17H24ClN5O/c1-10(2)17(24)22-13-8-21-16-14(13)15(12(18)7-20-16)23-6-4-5-11(9-23)19-3/h7-8,10-11,19H,4-6,9H2,1-3H3,(H,20,21)(H,22,24)/t11-/m1/s1. The fraction of sp³-hybridized carbons (Fsp3) is 0.529. The Morgan fingerprint density at radius 3 is 3.00 bits per heavy atom. The van der Waals surface area contributed by atoms with Crippen LogP contribution in [0.5, 0.6) is 0 Å². The number of halogens is 1. The van der Waals surface area contributed by atoms with Gasteiger partial charge in [-0.2, -0.15) is 0 Å². The summed E-state index contributed by atoms with van der Waals surface area (Å²) >= 11 is 6.50. The van der Waals surface area contributed by atoms with E-state index in [4.69, 9.17) is 11.6 Å². The number of anilines is 2. The Morgan fingerprint density at radius 2 is 2.29 bits per heavy atom. The smallest absolute Gasteiger partial charge is 0.226 e. The van der Waals surface area contributed by atoms with E-state index >= 15 is 0 Å². The van der Waals surface area contributed by atoms with Crippen LogP contribution in [0, 0.1) is 5.92 Å². The number of nitrogens with one attached hydrogen (secondary N) is 3. The zero-order valence-corrected chi connectivity index (χ0v) is 15.1. The van der Waals surface area contributed by atoms with Gasteiger partial charge in [0.1, 0.15) is 5.65 Å². The summed E-state index contributed by atoms with van der Waals surface area (Å²) in [5.41, 5.74) is 2.42. The van der Waals surface area contributed by atoms with Crippen LogP contribution < -0.4 is 15.5 Å². The maximum atomic E-state index is 12.1. The van der Waals surface area contributed by atoms with Gasteiger partial charge in [-0.05, 0) is 19.9 Å². The van der Waals surface area contributed by atoms with Gasteiger partial charge in [0, 0.05) is 31.2 Å². The van der Waals surface area contributed by atoms with E-state index in [-0.39, 0.29) is 11.8 Å². The summed E-state index contributed by atoms with van der Waals surface area (Å²) in [7, 11) is 1.99. The molecule has 1 fully saturated rings. The third kappa shape index (κ3) is 3.21. The maximum absolute atomic E-state index is 12.1. The van der Waals surface area contributed by atoms with E-state index in [0.717, 1.165) is 48.3 Å². The van der Waals surface area contributed by atoms with Crippen molar-refractivity contribution in [3.8, 4) is 0 Å². The highest BCUT2D eigenvalue weighted by Crippen LogP contribution is 2.38. The first-order chi connectivity index (χ1) is 11.5. The van der Waals surface area contributed by atoms with Crippen LogP contribution in [0.1, 0.15) is 26.7 Å². The summed E-state index contributed by atoms with van der Waals surface area (Å²) in [5, 5.41) is 7.83. The molecule has 0 aromatic carbocycles. The lowest BCUT2D eigenvalue weighted by Crippen LogP contribution is -2.44. The number of hydrogen-bond donors (Lipinski definition) is 3. The van der Waals surface area contributed by atoms with Crippen LogP contribution in [0.15, 0.2) is 12.4 Å². The number of aromatic nitrogens is 2. The first-order valence-electron chi connectivity index (χ1n) is 8.40. The van der Waals surface area contributed by atoms with Crippen LogP contribution in [0.2, 0.25) is 5.02 Å². The largest absolute Gasteiger partial charge is 0.368 e. The van der Waals surface area contributed by atoms with E-state index in [1.165, 1.54) is 0 Å². The van der Waals surface area contributed by atoms with Gasteiger partial charge in [0.25, 0.3) is 0 Å². The zero-order valence-electron chi connectivity index (χ0n) is 14.3. The molecule has 3 N–H and O–H groups in total. The SMILES string of the molecule is CN[C@@H]1CCCN(c2c(Cl)cnc3[nH]cc(NC(=O)C(C)C)c23)C1. The highest BCUT2D eigenvalue weighted by Gasteiger charge is 2.25. The molecule has 1 aliphatic rings. The summed E-state index contributed by atoms with van der Waals surface area (Å²) in [6, 6.07) is 0.436. The van der Waals surface area contributed by atoms with Crippen molar-refractivity contribution in [2.24, 2.45) is 5.92 Å². The molecule has 1 aliphatic heterocycles. The molecule has 0 unspecified atom stereocenters. The van der Waals surface area contributed by atoms with E-state index in [1.54, 1.807) is 12.4 Å². The molecular formula is C17H24ClN5O. The van der Waals surface area contributed by atoms with Crippen molar-refractivity contribution < 1.29 is 4.79 Å². The van der Waals surface area contributed by atoms with Crippen molar-refractivity contribution in [2.75, 3.05) is 30.4 Å². The van der Waals surface area contributed by atoms with Crippen molar-refractivity contribution in [2.45, 2.75) is 32.7 Å². The fourth-order valence-electron chi connectivity index (χ4n) is 3.16. The molecule has 0 saturated carbocycles. The summed E-state index contributed by atoms with van der Waals surface area (Å²) in [5.74, 6) is -0.109. The number of amides is 1. The van der Waals surface area contributed by atoms with Gasteiger partial charge >= 0.3 is 0 Å². The monoisotopic (exact) mass is 349 g/mol. The number of fused-ring (bicyclic) bond motifs is 1. The average molecular weight is 350 g/mol. The van der Waals surface area contributed by atoms with E-state index < -0.39 is 0 Å². The molecule has 2 aromatic rings. The molecule has 0 aliphatic carbocycles. The second-order valence-corrected chi connectivity index (χ2v) is 7.01. The van der Waals surface area contributed by atoms with Crippen LogP contribution in [-0.4, -0.2) is 42.1 Å². The molecule has 24 heavy (non-hydrogen) atoms. The van der Waals surface area contributed by atoms with Crippen molar-refractivity contribution in [3.05, 3.63) is 17.4 Å². The second-order valence-electron chi connectivity index (χ2n) is 6.60. The molecular weight excluding hydrogens is 326 g/mol. The molecule has 2 aromatic heterocycles. The molecule has 0 spiro atoms. The number of nitrogens with zero attached hydrogens (tertiary/aromatic N) is 2. The van der Waals surface area contributed by atoms with Gasteiger partial charge in [0.05, 0.1) is 28.0 Å². The summed E-state index contributed by atoms with van der Waals surface area (Å²) in [6.45, 7) is 5.58. The van der Waals surface area contributed by atoms with Gasteiger partial charge in [-0.15, -0.1) is 0 Å². The fourth-order valence-corrected chi connectivity index (χ4v) is 3.42. The van der Waals surface area contributed by atoms with Crippen molar-refractivity contribution in [3.63, 3.8) is 0 Å². The van der Waals surface area contributed by atoms with Crippen LogP contribution in [0.25, 0.3) is 11.0 Å². The number of carbonyl (C=O) groups excluding carboxylic acids is 1. The summed E-state index contributed by atoms with van der Waals surface area (Å²) in [6.07, 6.45) is 5.72. The van der Waals surface area contributed by atoms with E-state index in [2.05, 4.69) is 25.5 Å². The lowest BCUT2D eigenvalue weighted by atomic mass is 10.0. The molecule has 1 atom stereocenters. The molecule has 1 saturated heterocycles. The number of aromatic amines is 1. The normalized spacial score (nSPS) is 18.4. The highest BCUT2D eigenvalue weighted by atomic mass is 35.5. The van der Waals surface area contributed by atoms with Crippen LogP contribution in [0.3, 0.4) is 0 Å². The Labute approximate surface area is 147 Å². The van der Waals surface area contributed by atoms with Crippen molar-refractivity contribution in [1.82, 2.24) is 15.3 Å². The van der Waals surface area contributed by atoms with Gasteiger partial charge in [-0.1, -0.05) is 25.4 Å². The van der Waals surface area contributed by atoms with Crippen LogP contribution in [0.4, 0.5) is 11.4 Å². The van der Waals surface area contributed by atoms with Crippen molar-refractivity contribution in [1.29, 1.82) is 0 Å². The molecule has 0 bridgehead atoms. The number of likely N-dealkylation sites (N-methyl/N-ethyl adjacent to an activating group) is 1. The quantitative estimate of drug-likeness (QED) is 0.793. The Morgan fingerprint density at radius 1 is 1.50 bits per heavy atom. The summed E-state index contributed by atoms with van der Waals surface area (Å²) in [4.78, 5) is 21.9. The molecule has 1 amide bonds. The Hall–Kier alpha value is -1.79. The first kappa shape index (κ1) is 17.0. The topological polar surface area (TPSA) is 73.1 Å². The molecule has 7 heteroatoms. The number of rotatable bonds is 4. The molecule has 6 nitrogen and oxygen atoms in total. The minimum atomic E-state index is -0.0887. The lowest BCUT2D eigenvalue weighted by molar-refractivity contribution is -0.118. The van der Waals surface area contributed by atoms with Gasteiger partial charge in [0.2, 0.25) is 5.91 Å². The van der Waals surface area contributed by atoms with Crippen LogP contribution in [-0.2, 0) is 4.79 Å². The van der Waals surface area contributed by atoms with Crippen molar-refractivity contribution >= 4 is 39.9 Å². The van der Waals surface area contributed by atoms with Gasteiger partial charge in [0.15, 0.2) is 0 Å². The number of pyridine rings is 1. The third-order valence-electron chi connectivity index (χ3n) is 4.56. The summed E-state index contributed by atoms with van der Waals surface area (Å²) < 4.78 is 0. The average Bonchev–Trinajstić information content (AvgIpc) is 2.97. The molecule has 3 rings (SSSR count). The third-order valence-corrected chi connectivity index (χ3v) is 4.83. The van der Waals surface area contributed by atoms with Crippen LogP contribution >= 0.6 is 11.6 Å². The van der Waals surface area contributed by atoms with Gasteiger partial charge in [-0.3, -0.25) is 4.79 Å². The van der Waals surface area contributed by atoms with Gasteiger partial charge in [-0.25, -0.2) is 4.98 Å². The van der Waals surface area contributed by atoms with E-state index in [0.29, 0.717) is 11.1 Å². The molecule has 3 heterocycles. The predicted octanol–water partition coefficient (Wildman–Crippen LogP) is 3.00. The molecule has 0 radical (unpaired) electrons. The number of H-pyrrole nitrogens is 1. The zero-order chi connectivity index (χ0) is 17.3. The lowest BCUT2D eigenvalue weighted by Gasteiger charge is -2.35. The predicted molar refractivity (Wildman–Crippen MR) is 98.9 cm³/mol. The van der Waals surface area contributed by atoms with Gasteiger partial charge < -0.3 is 20.5 Å². The first-order valence-corrected chi connectivity index (χ1v) is 8.77. The van der Waals surface area contributed by atoms with E-state index in [9.17, 15) is 4.79 Å². The number of carbonyl (C=O) groups is 1. The Kier molecular flexibility index (Phi) is 4.96. The van der Waals surface area contributed by atoms with E-state index in [1.807, 2.05) is 20.9 Å². The Bertz CT molecular complexity index is 742. The Balaban J connectivity index is 2.04. The maximum Gasteiger partial charge on any atom is 0.226 e. The second kappa shape index (κ2) is 6.99. The minimum absolute atomic E-state index is 0.0198. The highest BCUT2D eigenvalue weighted by molar-refractivity contribution is 6.35. The minimum Gasteiger partial charge on any atom is -0.368 e.